The van der Waals surface area contributed by atoms with Gasteiger partial charge in [0, 0.05) is 43.9 Å². The Hall–Kier alpha value is -3.21. The molecule has 11 heteroatoms. The van der Waals surface area contributed by atoms with Gasteiger partial charge in [0.25, 0.3) is 0 Å². The number of aromatic amines is 1. The summed E-state index contributed by atoms with van der Waals surface area (Å²) in [5, 5.41) is 0.911. The molecule has 0 amide bonds. The summed E-state index contributed by atoms with van der Waals surface area (Å²) < 4.78 is 25.3. The lowest BCUT2D eigenvalue weighted by Gasteiger charge is -2.18. The monoisotopic (exact) mass is 725 g/mol. The number of rotatable bonds is 21. The molecule has 1 aliphatic rings. The van der Waals surface area contributed by atoms with Crippen LogP contribution in [0.15, 0.2) is 48.5 Å². The zero-order chi connectivity index (χ0) is 35.3. The Morgan fingerprint density at radius 2 is 1.32 bits per heavy atom. The van der Waals surface area contributed by atoms with E-state index in [1.807, 2.05) is 30.3 Å². The highest BCUT2D eigenvalue weighted by Crippen LogP contribution is 2.38. The van der Waals surface area contributed by atoms with Gasteiger partial charge >= 0.3 is 0 Å². The van der Waals surface area contributed by atoms with E-state index in [4.69, 9.17) is 47.1 Å². The number of benzene rings is 3. The molecule has 0 spiro atoms. The Morgan fingerprint density at radius 1 is 0.700 bits per heavy atom. The van der Waals surface area contributed by atoms with Gasteiger partial charge in [-0.05, 0) is 89.2 Å². The summed E-state index contributed by atoms with van der Waals surface area (Å²) in [5.41, 5.74) is 2.44. The van der Waals surface area contributed by atoms with Crippen molar-refractivity contribution >= 4 is 34.2 Å². The number of fused-ring (bicyclic) bond motifs is 1. The Morgan fingerprint density at radius 3 is 2.00 bits per heavy atom. The maximum Gasteiger partial charge on any atom is 0.150 e. The Bertz CT molecular complexity index is 1640. The number of halogens is 2. The summed E-state index contributed by atoms with van der Waals surface area (Å²) in [7, 11) is 0. The third-order valence-corrected chi connectivity index (χ3v) is 10.0. The molecule has 4 aromatic rings. The van der Waals surface area contributed by atoms with E-state index in [0.29, 0.717) is 58.7 Å². The minimum Gasteiger partial charge on any atom is -0.493 e. The van der Waals surface area contributed by atoms with Crippen LogP contribution in [0.2, 0.25) is 10.0 Å². The van der Waals surface area contributed by atoms with Gasteiger partial charge in [-0.2, -0.15) is 0 Å². The van der Waals surface area contributed by atoms with Crippen molar-refractivity contribution in [3.63, 3.8) is 0 Å². The number of hydrogen-bond acceptors (Lipinski definition) is 8. The third kappa shape index (κ3) is 10.7. The smallest absolute Gasteiger partial charge is 0.150 e. The highest BCUT2D eigenvalue weighted by molar-refractivity contribution is 6.42. The molecular weight excluding hydrogens is 673 g/mol. The van der Waals surface area contributed by atoms with Crippen molar-refractivity contribution in [3.05, 3.63) is 58.6 Å². The Balaban J connectivity index is 1.41. The largest absolute Gasteiger partial charge is 0.493 e. The SMILES string of the molecule is CCN(CC)CCCOc1cc(OCCCN(CC)CC)c2nc(-c3ccc(Oc4ccc(Cl)c(Cl)c4)cc3OCCN3CCCC3)[nH]c2c1. The molecule has 2 heterocycles. The van der Waals surface area contributed by atoms with Gasteiger partial charge in [0.2, 0.25) is 0 Å². The Labute approximate surface area is 307 Å². The van der Waals surface area contributed by atoms with E-state index in [1.165, 1.54) is 12.8 Å². The molecule has 3 aromatic carbocycles. The maximum atomic E-state index is 6.46. The van der Waals surface area contributed by atoms with Crippen molar-refractivity contribution < 1.29 is 18.9 Å². The van der Waals surface area contributed by atoms with Gasteiger partial charge in [0.1, 0.15) is 40.9 Å². The zero-order valence-electron chi connectivity index (χ0n) is 30.1. The van der Waals surface area contributed by atoms with Crippen LogP contribution in [-0.2, 0) is 0 Å². The molecule has 0 bridgehead atoms. The van der Waals surface area contributed by atoms with Gasteiger partial charge in [-0.15, -0.1) is 0 Å². The second-order valence-corrected chi connectivity index (χ2v) is 13.4. The van der Waals surface area contributed by atoms with Crippen LogP contribution in [0.3, 0.4) is 0 Å². The Kier molecular flexibility index (Phi) is 14.8. The van der Waals surface area contributed by atoms with Gasteiger partial charge in [-0.25, -0.2) is 4.98 Å². The fraction of sp³-hybridized carbons (Fsp3) is 0.513. The van der Waals surface area contributed by atoms with E-state index in [-0.39, 0.29) is 0 Å². The van der Waals surface area contributed by atoms with Crippen LogP contribution >= 0.6 is 23.2 Å². The van der Waals surface area contributed by atoms with E-state index in [1.54, 1.807) is 18.2 Å². The molecule has 50 heavy (non-hydrogen) atoms. The summed E-state index contributed by atoms with van der Waals surface area (Å²) in [6.45, 7) is 19.7. The number of hydrogen-bond donors (Lipinski definition) is 1. The van der Waals surface area contributed by atoms with Gasteiger partial charge in [-0.1, -0.05) is 50.9 Å². The lowest BCUT2D eigenvalue weighted by Crippen LogP contribution is -2.25. The quantitative estimate of drug-likeness (QED) is 0.0854. The van der Waals surface area contributed by atoms with Gasteiger partial charge in [-0.3, -0.25) is 4.90 Å². The van der Waals surface area contributed by atoms with E-state index in [9.17, 15) is 0 Å². The first-order valence-corrected chi connectivity index (χ1v) is 19.0. The molecule has 0 unspecified atom stereocenters. The molecule has 1 aliphatic heterocycles. The number of likely N-dealkylation sites (tertiary alicyclic amines) is 1. The minimum atomic E-state index is 0.434. The fourth-order valence-corrected chi connectivity index (χ4v) is 6.55. The third-order valence-electron chi connectivity index (χ3n) is 9.28. The molecular formula is C39H53Cl2N5O4. The molecule has 5 rings (SSSR count). The van der Waals surface area contributed by atoms with E-state index < -0.39 is 0 Å². The maximum absolute atomic E-state index is 6.46. The standard InChI is InChI=1S/C39H53Cl2N5O4/c1-5-44(6-2)19-11-22-47-31-26-35-38(37(28-31)48-23-12-20-45(7-3)8-4)43-39(42-35)32-15-13-30(50-29-14-16-33(40)34(41)25-29)27-36(32)49-24-21-46-17-9-10-18-46/h13-16,25-28H,5-12,17-24H2,1-4H3,(H,42,43). The molecule has 1 saturated heterocycles. The molecule has 1 N–H and O–H groups in total. The van der Waals surface area contributed by atoms with Gasteiger partial charge in [0.05, 0.1) is 34.3 Å². The van der Waals surface area contributed by atoms with Crippen LogP contribution in [0.5, 0.6) is 28.7 Å². The lowest BCUT2D eigenvalue weighted by molar-refractivity contribution is 0.238. The van der Waals surface area contributed by atoms with Gasteiger partial charge in [0.15, 0.2) is 5.75 Å². The average molecular weight is 727 g/mol. The second-order valence-electron chi connectivity index (χ2n) is 12.6. The number of ether oxygens (including phenoxy) is 4. The molecule has 9 nitrogen and oxygen atoms in total. The predicted octanol–water partition coefficient (Wildman–Crippen LogP) is 9.03. The number of H-pyrrole nitrogens is 1. The highest BCUT2D eigenvalue weighted by Gasteiger charge is 2.18. The molecule has 1 aromatic heterocycles. The molecule has 1 fully saturated rings. The van der Waals surface area contributed by atoms with E-state index >= 15 is 0 Å². The summed E-state index contributed by atoms with van der Waals surface area (Å²) >= 11 is 12.4. The topological polar surface area (TPSA) is 75.3 Å². The fourth-order valence-electron chi connectivity index (χ4n) is 6.26. The van der Waals surface area contributed by atoms with Crippen LogP contribution < -0.4 is 18.9 Å². The molecule has 0 aliphatic carbocycles. The van der Waals surface area contributed by atoms with Crippen molar-refractivity contribution in [2.24, 2.45) is 0 Å². The van der Waals surface area contributed by atoms with Crippen LogP contribution in [0.1, 0.15) is 53.4 Å². The molecule has 0 saturated carbocycles. The first-order valence-electron chi connectivity index (χ1n) is 18.3. The van der Waals surface area contributed by atoms with Gasteiger partial charge < -0.3 is 33.7 Å². The summed E-state index contributed by atoms with van der Waals surface area (Å²) in [6.07, 6.45) is 4.34. The highest BCUT2D eigenvalue weighted by atomic mass is 35.5. The number of imidazole rings is 1. The molecule has 0 atom stereocenters. The number of nitrogens with one attached hydrogen (secondary N) is 1. The first kappa shape index (κ1) is 38.0. The summed E-state index contributed by atoms with van der Waals surface area (Å²) in [4.78, 5) is 15.9. The second kappa shape index (κ2) is 19.4. The van der Waals surface area contributed by atoms with Crippen molar-refractivity contribution in [2.45, 2.75) is 53.4 Å². The first-order chi connectivity index (χ1) is 24.4. The lowest BCUT2D eigenvalue weighted by atomic mass is 10.2. The van der Waals surface area contributed by atoms with Crippen LogP contribution in [0, 0.1) is 0 Å². The number of nitrogens with zero attached hydrogens (tertiary/aromatic N) is 4. The van der Waals surface area contributed by atoms with Crippen molar-refractivity contribution in [2.75, 3.05) is 78.7 Å². The summed E-state index contributed by atoms with van der Waals surface area (Å²) in [5.74, 6) is 4.04. The minimum absolute atomic E-state index is 0.434. The molecule has 0 radical (unpaired) electrons. The predicted molar refractivity (Wildman–Crippen MR) is 205 cm³/mol. The van der Waals surface area contributed by atoms with E-state index in [2.05, 4.69) is 47.4 Å². The van der Waals surface area contributed by atoms with Crippen LogP contribution in [0.4, 0.5) is 0 Å². The van der Waals surface area contributed by atoms with Crippen molar-refractivity contribution in [1.82, 2.24) is 24.7 Å². The van der Waals surface area contributed by atoms with Crippen LogP contribution in [-0.4, -0.2) is 103 Å². The average Bonchev–Trinajstić information content (AvgIpc) is 3.81. The van der Waals surface area contributed by atoms with Crippen molar-refractivity contribution in [1.29, 1.82) is 0 Å². The summed E-state index contributed by atoms with van der Waals surface area (Å²) in [6, 6.07) is 15.0. The normalized spacial score (nSPS) is 13.5. The van der Waals surface area contributed by atoms with Crippen molar-refractivity contribution in [3.8, 4) is 40.1 Å². The number of aromatic nitrogens is 2. The van der Waals surface area contributed by atoms with Crippen LogP contribution in [0.25, 0.3) is 22.4 Å². The molecule has 272 valence electrons. The van der Waals surface area contributed by atoms with E-state index in [0.717, 1.165) is 94.1 Å². The zero-order valence-corrected chi connectivity index (χ0v) is 31.6.